The Kier molecular flexibility index (Phi) is 22.1. The molecule has 7 heteroatoms. The Morgan fingerprint density at radius 3 is 2.00 bits per heavy atom. The van der Waals surface area contributed by atoms with Gasteiger partial charge in [0.2, 0.25) is 0 Å². The normalized spacial score (nSPS) is 9.10. The van der Waals surface area contributed by atoms with E-state index in [0.717, 1.165) is 13.5 Å². The third-order valence-electron chi connectivity index (χ3n) is 1.74. The highest BCUT2D eigenvalue weighted by Crippen LogP contribution is 2.41. The molecule has 6 N–H and O–H groups in total. The molecule has 0 fully saturated rings. The van der Waals surface area contributed by atoms with E-state index in [0.29, 0.717) is 0 Å². The van der Waals surface area contributed by atoms with Crippen molar-refractivity contribution in [2.75, 3.05) is 13.7 Å². The fourth-order valence-electron chi connectivity index (χ4n) is 1.08. The van der Waals surface area contributed by atoms with E-state index in [9.17, 15) is 0 Å². The first-order valence-electron chi connectivity index (χ1n) is 5.52. The van der Waals surface area contributed by atoms with Gasteiger partial charge in [-0.2, -0.15) is 9.90 Å². The van der Waals surface area contributed by atoms with Crippen LogP contribution in [-0.4, -0.2) is 39.6 Å². The molecule has 0 heterocycles. The van der Waals surface area contributed by atoms with Crippen molar-refractivity contribution in [3.63, 3.8) is 0 Å². The van der Waals surface area contributed by atoms with Crippen LogP contribution >= 0.6 is 31.5 Å². The maximum absolute atomic E-state index is 8.96. The maximum Gasteiger partial charge on any atom is 0.0471 e. The van der Waals surface area contributed by atoms with Crippen molar-refractivity contribution in [1.82, 2.24) is 0 Å². The second-order valence-corrected chi connectivity index (χ2v) is 7.36. The van der Waals surface area contributed by atoms with Gasteiger partial charge in [-0.1, -0.05) is 60.6 Å². The van der Waals surface area contributed by atoms with Crippen LogP contribution < -0.4 is 0 Å². The summed E-state index contributed by atoms with van der Waals surface area (Å²) in [6.07, 6.45) is 0.744. The summed E-state index contributed by atoms with van der Waals surface area (Å²) in [6.45, 7) is 6.84. The molecule has 1 aromatic carbocycles. The third-order valence-corrected chi connectivity index (χ3v) is 5.19. The Bertz CT molecular complexity index is 319. The molecule has 0 bridgehead atoms. The first kappa shape index (κ1) is 28.4. The standard InChI is InChI=1S/C12H18OS2.CH4O.2H2O.H3P/c1-12(2,3)15-14-11-7-5-4-6-10(11)8-9-13;1-2;;;/h4-7,13H,8-9H2,1-3H3;2H,1H3;2*1H2;1H3. The second kappa shape index (κ2) is 15.6. The Balaban J connectivity index is -0.000000244. The average molecular weight is 344 g/mol. The highest BCUT2D eigenvalue weighted by molar-refractivity contribution is 8.77. The van der Waals surface area contributed by atoms with Crippen LogP contribution in [0.4, 0.5) is 0 Å². The minimum atomic E-state index is 0. The molecule has 0 amide bonds. The SMILES string of the molecule is CC(C)(C)SSc1ccccc1CCO.CO.O.O.P. The summed E-state index contributed by atoms with van der Waals surface area (Å²) in [6, 6.07) is 8.28. The molecule has 0 spiro atoms. The Hall–Kier alpha value is 0.190. The van der Waals surface area contributed by atoms with Crippen molar-refractivity contribution in [2.24, 2.45) is 0 Å². The minimum absolute atomic E-state index is 0. The molecule has 1 rings (SSSR count). The molecule has 0 radical (unpaired) electrons. The van der Waals surface area contributed by atoms with Crippen LogP contribution in [0.3, 0.4) is 0 Å². The van der Waals surface area contributed by atoms with Gasteiger partial charge in [0.05, 0.1) is 0 Å². The summed E-state index contributed by atoms with van der Waals surface area (Å²) < 4.78 is 0.261. The van der Waals surface area contributed by atoms with Crippen LogP contribution in [0.1, 0.15) is 26.3 Å². The molecule has 20 heavy (non-hydrogen) atoms. The van der Waals surface area contributed by atoms with E-state index >= 15 is 0 Å². The fourth-order valence-corrected chi connectivity index (χ4v) is 3.34. The largest absolute Gasteiger partial charge is 0.412 e. The molecular formula is C13H29O4PS2. The molecule has 0 aliphatic rings. The lowest BCUT2D eigenvalue weighted by molar-refractivity contribution is 0.299. The number of aliphatic hydroxyl groups is 2. The summed E-state index contributed by atoms with van der Waals surface area (Å²) in [4.78, 5) is 1.27. The Morgan fingerprint density at radius 2 is 1.55 bits per heavy atom. The lowest BCUT2D eigenvalue weighted by Gasteiger charge is -2.17. The summed E-state index contributed by atoms with van der Waals surface area (Å²) in [5.74, 6) is 0. The summed E-state index contributed by atoms with van der Waals surface area (Å²) in [7, 11) is 4.66. The lowest BCUT2D eigenvalue weighted by atomic mass is 10.2. The number of benzene rings is 1. The van der Waals surface area contributed by atoms with Gasteiger partial charge in [0.15, 0.2) is 0 Å². The van der Waals surface area contributed by atoms with Crippen LogP contribution in [0, 0.1) is 0 Å². The Labute approximate surface area is 133 Å². The monoisotopic (exact) mass is 344 g/mol. The smallest absolute Gasteiger partial charge is 0.0471 e. The van der Waals surface area contributed by atoms with Crippen molar-refractivity contribution in [3.8, 4) is 0 Å². The van der Waals surface area contributed by atoms with Gasteiger partial charge in [-0.05, 0) is 18.1 Å². The lowest BCUT2D eigenvalue weighted by Crippen LogP contribution is -2.04. The van der Waals surface area contributed by atoms with Crippen LogP contribution in [0.15, 0.2) is 29.2 Å². The zero-order chi connectivity index (χ0) is 13.3. The van der Waals surface area contributed by atoms with Crippen molar-refractivity contribution < 1.29 is 21.2 Å². The molecule has 0 saturated carbocycles. The van der Waals surface area contributed by atoms with Crippen LogP contribution in [0.2, 0.25) is 0 Å². The minimum Gasteiger partial charge on any atom is -0.412 e. The zero-order valence-electron chi connectivity index (χ0n) is 12.6. The number of rotatable bonds is 4. The van der Waals surface area contributed by atoms with E-state index in [1.54, 1.807) is 10.8 Å². The molecule has 0 aliphatic carbocycles. The van der Waals surface area contributed by atoms with Crippen molar-refractivity contribution in [2.45, 2.75) is 36.8 Å². The van der Waals surface area contributed by atoms with E-state index in [-0.39, 0.29) is 32.2 Å². The van der Waals surface area contributed by atoms with Gasteiger partial charge in [0, 0.05) is 23.4 Å². The second-order valence-electron chi connectivity index (χ2n) is 4.36. The molecule has 1 aromatic rings. The molecular weight excluding hydrogens is 315 g/mol. The summed E-state index contributed by atoms with van der Waals surface area (Å²) in [5, 5.41) is 16.0. The van der Waals surface area contributed by atoms with Crippen LogP contribution in [0.5, 0.6) is 0 Å². The molecule has 122 valence electrons. The predicted octanol–water partition coefficient (Wildman–Crippen LogP) is 1.78. The van der Waals surface area contributed by atoms with E-state index in [2.05, 4.69) is 32.9 Å². The van der Waals surface area contributed by atoms with Gasteiger partial charge in [0.1, 0.15) is 0 Å². The van der Waals surface area contributed by atoms with Gasteiger partial charge in [-0.3, -0.25) is 0 Å². The molecule has 0 aromatic heterocycles. The number of aliphatic hydroxyl groups excluding tert-OH is 2. The molecule has 1 atom stereocenters. The quantitative estimate of drug-likeness (QED) is 0.642. The van der Waals surface area contributed by atoms with Gasteiger partial charge in [0.25, 0.3) is 0 Å². The van der Waals surface area contributed by atoms with E-state index in [1.807, 2.05) is 22.9 Å². The van der Waals surface area contributed by atoms with Gasteiger partial charge in [-0.25, -0.2) is 0 Å². The number of hydrogen-bond donors (Lipinski definition) is 2. The van der Waals surface area contributed by atoms with E-state index < -0.39 is 0 Å². The van der Waals surface area contributed by atoms with Crippen molar-refractivity contribution in [3.05, 3.63) is 29.8 Å². The molecule has 0 saturated heterocycles. The average Bonchev–Trinajstić information content (AvgIpc) is 2.30. The third kappa shape index (κ3) is 13.2. The highest BCUT2D eigenvalue weighted by Gasteiger charge is 2.12. The zero-order valence-corrected chi connectivity index (χ0v) is 15.7. The first-order valence-corrected chi connectivity index (χ1v) is 7.67. The highest BCUT2D eigenvalue weighted by atomic mass is 33.1. The van der Waals surface area contributed by atoms with Gasteiger partial charge in [-0.15, -0.1) is 0 Å². The van der Waals surface area contributed by atoms with E-state index in [1.165, 1.54) is 10.5 Å². The predicted molar refractivity (Wildman–Crippen MR) is 96.9 cm³/mol. The topological polar surface area (TPSA) is 103 Å². The first-order chi connectivity index (χ1) is 8.03. The summed E-state index contributed by atoms with van der Waals surface area (Å²) in [5.41, 5.74) is 1.24. The van der Waals surface area contributed by atoms with Crippen LogP contribution in [-0.2, 0) is 6.42 Å². The summed E-state index contributed by atoms with van der Waals surface area (Å²) >= 11 is 0. The van der Waals surface area contributed by atoms with Crippen LogP contribution in [0.25, 0.3) is 0 Å². The van der Waals surface area contributed by atoms with Crippen molar-refractivity contribution in [1.29, 1.82) is 0 Å². The van der Waals surface area contributed by atoms with Gasteiger partial charge >= 0.3 is 0 Å². The maximum atomic E-state index is 8.96. The van der Waals surface area contributed by atoms with E-state index in [4.69, 9.17) is 10.2 Å². The molecule has 0 aliphatic heterocycles. The fraction of sp³-hybridized carbons (Fsp3) is 0.538. The molecule has 1 unspecified atom stereocenters. The number of hydrogen-bond acceptors (Lipinski definition) is 4. The Morgan fingerprint density at radius 1 is 1.05 bits per heavy atom. The van der Waals surface area contributed by atoms with Gasteiger partial charge < -0.3 is 21.2 Å². The molecule has 4 nitrogen and oxygen atoms in total. The van der Waals surface area contributed by atoms with Crippen molar-refractivity contribution >= 4 is 31.5 Å².